The molecule has 18 heavy (non-hydrogen) atoms. The first kappa shape index (κ1) is 14.9. The molecular weight excluding hydrogens is 233 g/mol. The van der Waals surface area contributed by atoms with E-state index in [1.54, 1.807) is 19.2 Å². The maximum atomic E-state index is 14.1. The SMILES string of the molecule is CNC(CC(C)COC)c1cccc(OC)c1F. The van der Waals surface area contributed by atoms with Gasteiger partial charge in [0.15, 0.2) is 11.6 Å². The maximum Gasteiger partial charge on any atom is 0.169 e. The van der Waals surface area contributed by atoms with Crippen LogP contribution >= 0.6 is 0 Å². The van der Waals surface area contributed by atoms with Crippen molar-refractivity contribution in [3.63, 3.8) is 0 Å². The van der Waals surface area contributed by atoms with Gasteiger partial charge in [-0.25, -0.2) is 4.39 Å². The van der Waals surface area contributed by atoms with Gasteiger partial charge in [0.2, 0.25) is 0 Å². The van der Waals surface area contributed by atoms with Crippen LogP contribution in [-0.4, -0.2) is 27.9 Å². The summed E-state index contributed by atoms with van der Waals surface area (Å²) in [7, 11) is 4.99. The minimum absolute atomic E-state index is 0.0368. The summed E-state index contributed by atoms with van der Waals surface area (Å²) in [5.74, 6) is 0.356. The van der Waals surface area contributed by atoms with Crippen molar-refractivity contribution < 1.29 is 13.9 Å². The topological polar surface area (TPSA) is 30.5 Å². The van der Waals surface area contributed by atoms with Crippen molar-refractivity contribution >= 4 is 0 Å². The molecule has 3 nitrogen and oxygen atoms in total. The van der Waals surface area contributed by atoms with Crippen molar-refractivity contribution in [3.05, 3.63) is 29.6 Å². The molecule has 0 bridgehead atoms. The average molecular weight is 255 g/mol. The minimum atomic E-state index is -0.288. The zero-order valence-electron chi connectivity index (χ0n) is 11.5. The van der Waals surface area contributed by atoms with Gasteiger partial charge in [0.1, 0.15) is 0 Å². The molecule has 1 aromatic carbocycles. The summed E-state index contributed by atoms with van der Waals surface area (Å²) in [5.41, 5.74) is 0.639. The molecule has 4 heteroatoms. The second kappa shape index (κ2) is 7.34. The second-order valence-corrected chi connectivity index (χ2v) is 4.50. The Morgan fingerprint density at radius 2 is 2.06 bits per heavy atom. The van der Waals surface area contributed by atoms with E-state index < -0.39 is 0 Å². The summed E-state index contributed by atoms with van der Waals surface area (Å²) >= 11 is 0. The molecule has 0 aliphatic heterocycles. The highest BCUT2D eigenvalue weighted by Crippen LogP contribution is 2.28. The molecule has 0 fully saturated rings. The largest absolute Gasteiger partial charge is 0.494 e. The van der Waals surface area contributed by atoms with Crippen molar-refractivity contribution in [2.24, 2.45) is 5.92 Å². The fraction of sp³-hybridized carbons (Fsp3) is 0.571. The van der Waals surface area contributed by atoms with Crippen molar-refractivity contribution in [1.29, 1.82) is 0 Å². The quantitative estimate of drug-likeness (QED) is 0.812. The fourth-order valence-electron chi connectivity index (χ4n) is 2.11. The lowest BCUT2D eigenvalue weighted by atomic mass is 9.96. The molecular formula is C14H22FNO2. The molecule has 0 amide bonds. The zero-order chi connectivity index (χ0) is 13.5. The van der Waals surface area contributed by atoms with Crippen LogP contribution in [0.1, 0.15) is 24.9 Å². The van der Waals surface area contributed by atoms with Gasteiger partial charge in [-0.05, 0) is 25.5 Å². The molecule has 0 spiro atoms. The van der Waals surface area contributed by atoms with Crippen LogP contribution in [0.25, 0.3) is 0 Å². The number of ether oxygens (including phenoxy) is 2. The molecule has 1 N–H and O–H groups in total. The van der Waals surface area contributed by atoms with E-state index in [9.17, 15) is 4.39 Å². The number of rotatable bonds is 7. The molecule has 0 aliphatic carbocycles. The first-order valence-corrected chi connectivity index (χ1v) is 6.12. The maximum absolute atomic E-state index is 14.1. The third-order valence-electron chi connectivity index (χ3n) is 3.03. The Bertz CT molecular complexity index is 371. The van der Waals surface area contributed by atoms with Gasteiger partial charge in [-0.2, -0.15) is 0 Å². The van der Waals surface area contributed by atoms with Gasteiger partial charge in [-0.1, -0.05) is 19.1 Å². The van der Waals surface area contributed by atoms with Crippen LogP contribution in [-0.2, 0) is 4.74 Å². The monoisotopic (exact) mass is 255 g/mol. The fourth-order valence-corrected chi connectivity index (χ4v) is 2.11. The molecule has 102 valence electrons. The molecule has 0 radical (unpaired) electrons. The smallest absolute Gasteiger partial charge is 0.169 e. The summed E-state index contributed by atoms with van der Waals surface area (Å²) in [6, 6.07) is 5.19. The second-order valence-electron chi connectivity index (χ2n) is 4.50. The van der Waals surface area contributed by atoms with E-state index in [1.165, 1.54) is 7.11 Å². The molecule has 0 aliphatic rings. The van der Waals surface area contributed by atoms with Gasteiger partial charge < -0.3 is 14.8 Å². The van der Waals surface area contributed by atoms with Crippen LogP contribution in [0.4, 0.5) is 4.39 Å². The van der Waals surface area contributed by atoms with E-state index in [1.807, 2.05) is 13.1 Å². The predicted molar refractivity (Wildman–Crippen MR) is 70.4 cm³/mol. The lowest BCUT2D eigenvalue weighted by molar-refractivity contribution is 0.149. The van der Waals surface area contributed by atoms with E-state index in [0.29, 0.717) is 18.1 Å². The Hall–Kier alpha value is -1.13. The van der Waals surface area contributed by atoms with Gasteiger partial charge in [-0.15, -0.1) is 0 Å². The van der Waals surface area contributed by atoms with Crippen LogP contribution in [0.2, 0.25) is 0 Å². The van der Waals surface area contributed by atoms with Gasteiger partial charge in [-0.3, -0.25) is 0 Å². The Morgan fingerprint density at radius 3 is 2.61 bits per heavy atom. The number of halogens is 1. The normalized spacial score (nSPS) is 14.3. The number of nitrogens with one attached hydrogen (secondary N) is 1. The highest BCUT2D eigenvalue weighted by molar-refractivity contribution is 5.33. The molecule has 0 aromatic heterocycles. The third kappa shape index (κ3) is 3.68. The summed E-state index contributed by atoms with van der Waals surface area (Å²) in [4.78, 5) is 0. The highest BCUT2D eigenvalue weighted by atomic mass is 19.1. The lowest BCUT2D eigenvalue weighted by Crippen LogP contribution is -2.22. The predicted octanol–water partition coefficient (Wildman–Crippen LogP) is 2.77. The number of hydrogen-bond donors (Lipinski definition) is 1. The van der Waals surface area contributed by atoms with Crippen molar-refractivity contribution in [3.8, 4) is 5.75 Å². The number of methoxy groups -OCH3 is 2. The summed E-state index contributed by atoms with van der Waals surface area (Å²) in [5, 5.41) is 3.15. The van der Waals surface area contributed by atoms with Crippen LogP contribution in [0, 0.1) is 11.7 Å². The van der Waals surface area contributed by atoms with Gasteiger partial charge in [0.05, 0.1) is 7.11 Å². The Balaban J connectivity index is 2.88. The first-order valence-electron chi connectivity index (χ1n) is 6.12. The van der Waals surface area contributed by atoms with E-state index in [-0.39, 0.29) is 17.6 Å². The first-order chi connectivity index (χ1) is 8.63. The van der Waals surface area contributed by atoms with Crippen LogP contribution < -0.4 is 10.1 Å². The lowest BCUT2D eigenvalue weighted by Gasteiger charge is -2.21. The minimum Gasteiger partial charge on any atom is -0.494 e. The highest BCUT2D eigenvalue weighted by Gasteiger charge is 2.19. The van der Waals surface area contributed by atoms with Crippen molar-refractivity contribution in [1.82, 2.24) is 5.32 Å². The van der Waals surface area contributed by atoms with Gasteiger partial charge in [0.25, 0.3) is 0 Å². The van der Waals surface area contributed by atoms with Crippen molar-refractivity contribution in [2.45, 2.75) is 19.4 Å². The Labute approximate surface area is 108 Å². The molecule has 2 atom stereocenters. The number of hydrogen-bond acceptors (Lipinski definition) is 3. The van der Waals surface area contributed by atoms with E-state index in [0.717, 1.165) is 6.42 Å². The number of benzene rings is 1. The van der Waals surface area contributed by atoms with E-state index in [2.05, 4.69) is 12.2 Å². The summed E-state index contributed by atoms with van der Waals surface area (Å²) in [6.45, 7) is 2.76. The standard InChI is InChI=1S/C14H22FNO2/c1-10(9-17-3)8-12(16-2)11-6-5-7-13(18-4)14(11)15/h5-7,10,12,16H,8-9H2,1-4H3. The molecule has 2 unspecified atom stereocenters. The van der Waals surface area contributed by atoms with E-state index >= 15 is 0 Å². The van der Waals surface area contributed by atoms with Crippen molar-refractivity contribution in [2.75, 3.05) is 27.9 Å². The zero-order valence-corrected chi connectivity index (χ0v) is 11.5. The van der Waals surface area contributed by atoms with Crippen LogP contribution in [0.15, 0.2) is 18.2 Å². The molecule has 0 saturated heterocycles. The third-order valence-corrected chi connectivity index (χ3v) is 3.03. The van der Waals surface area contributed by atoms with Crippen LogP contribution in [0.5, 0.6) is 5.75 Å². The van der Waals surface area contributed by atoms with Gasteiger partial charge in [0, 0.05) is 25.3 Å². The Kier molecular flexibility index (Phi) is 6.09. The molecule has 0 heterocycles. The average Bonchev–Trinajstić information content (AvgIpc) is 2.37. The molecule has 1 rings (SSSR count). The summed E-state index contributed by atoms with van der Waals surface area (Å²) in [6.07, 6.45) is 0.814. The van der Waals surface area contributed by atoms with Gasteiger partial charge >= 0.3 is 0 Å². The Morgan fingerprint density at radius 1 is 1.33 bits per heavy atom. The molecule has 0 saturated carbocycles. The van der Waals surface area contributed by atoms with E-state index in [4.69, 9.17) is 9.47 Å². The summed E-state index contributed by atoms with van der Waals surface area (Å²) < 4.78 is 24.3. The molecule has 1 aromatic rings. The van der Waals surface area contributed by atoms with Crippen LogP contribution in [0.3, 0.4) is 0 Å².